The summed E-state index contributed by atoms with van der Waals surface area (Å²) >= 11 is 0. The number of rotatable bonds is 5. The van der Waals surface area contributed by atoms with Crippen LogP contribution in [0.1, 0.15) is 46.5 Å². The maximum absolute atomic E-state index is 5.22. The second kappa shape index (κ2) is 7.97. The summed E-state index contributed by atoms with van der Waals surface area (Å²) in [5.74, 6) is 0.672. The lowest BCUT2D eigenvalue weighted by Crippen LogP contribution is -2.35. The van der Waals surface area contributed by atoms with Crippen molar-refractivity contribution >= 4 is 0 Å². The summed E-state index contributed by atoms with van der Waals surface area (Å²) in [4.78, 5) is 10.0. The SMILES string of the molecule is CCCCC(CC)C1OOOOOCC1C. The van der Waals surface area contributed by atoms with E-state index in [9.17, 15) is 0 Å². The maximum atomic E-state index is 5.22. The van der Waals surface area contributed by atoms with Crippen LogP contribution in [0.25, 0.3) is 0 Å². The highest BCUT2D eigenvalue weighted by Gasteiger charge is 2.29. The summed E-state index contributed by atoms with van der Waals surface area (Å²) in [5, 5.41) is 12.9. The highest BCUT2D eigenvalue weighted by Crippen LogP contribution is 2.26. The predicted octanol–water partition coefficient (Wildman–Crippen LogP) is 2.96. The van der Waals surface area contributed by atoms with Crippen LogP contribution in [0.15, 0.2) is 0 Å². The molecule has 3 atom stereocenters. The van der Waals surface area contributed by atoms with Crippen molar-refractivity contribution in [3.8, 4) is 0 Å². The smallest absolute Gasteiger partial charge is 0.104 e. The van der Waals surface area contributed by atoms with E-state index in [1.54, 1.807) is 0 Å². The van der Waals surface area contributed by atoms with Gasteiger partial charge in [-0.05, 0) is 27.5 Å². The minimum atomic E-state index is -0.0135. The molecular weight excluding hydrogens is 212 g/mol. The maximum Gasteiger partial charge on any atom is 0.104 e. The molecule has 0 aromatic heterocycles. The van der Waals surface area contributed by atoms with Gasteiger partial charge in [0.25, 0.3) is 0 Å². The van der Waals surface area contributed by atoms with Gasteiger partial charge in [-0.1, -0.05) is 40.0 Å². The van der Waals surface area contributed by atoms with Crippen molar-refractivity contribution < 1.29 is 24.9 Å². The first-order valence-corrected chi connectivity index (χ1v) is 6.07. The van der Waals surface area contributed by atoms with Gasteiger partial charge in [-0.2, -0.15) is 4.89 Å². The van der Waals surface area contributed by atoms with E-state index in [-0.39, 0.29) is 12.0 Å². The van der Waals surface area contributed by atoms with Crippen LogP contribution >= 0.6 is 0 Å². The molecule has 0 radical (unpaired) electrons. The molecule has 1 saturated heterocycles. The molecule has 1 heterocycles. The van der Waals surface area contributed by atoms with Gasteiger partial charge in [0.05, 0.1) is 6.61 Å². The fourth-order valence-electron chi connectivity index (χ4n) is 2.03. The quantitative estimate of drug-likeness (QED) is 0.684. The van der Waals surface area contributed by atoms with Crippen LogP contribution in [-0.2, 0) is 24.9 Å². The highest BCUT2D eigenvalue weighted by molar-refractivity contribution is 4.74. The fraction of sp³-hybridized carbons (Fsp3) is 1.00. The van der Waals surface area contributed by atoms with Gasteiger partial charge in [-0.3, -0.25) is 0 Å². The Morgan fingerprint density at radius 1 is 1.19 bits per heavy atom. The first-order chi connectivity index (χ1) is 7.79. The standard InChI is InChI=1S/C11H22O5/c1-4-6-7-10(5-2)11-9(3)8-12-14-16-15-13-11/h9-11H,4-8H2,1-3H3. The van der Waals surface area contributed by atoms with E-state index in [1.807, 2.05) is 0 Å². The zero-order chi connectivity index (χ0) is 11.8. The Morgan fingerprint density at radius 2 is 2.00 bits per heavy atom. The van der Waals surface area contributed by atoms with Crippen LogP contribution in [0.2, 0.25) is 0 Å². The van der Waals surface area contributed by atoms with Gasteiger partial charge in [0.15, 0.2) is 0 Å². The molecule has 16 heavy (non-hydrogen) atoms. The Bertz CT molecular complexity index is 176. The van der Waals surface area contributed by atoms with Crippen LogP contribution < -0.4 is 0 Å². The van der Waals surface area contributed by atoms with Crippen molar-refractivity contribution in [3.63, 3.8) is 0 Å². The Kier molecular flexibility index (Phi) is 6.91. The predicted molar refractivity (Wildman–Crippen MR) is 56.6 cm³/mol. The molecule has 1 aliphatic heterocycles. The number of hydrogen-bond donors (Lipinski definition) is 0. The molecule has 0 bridgehead atoms. The molecule has 1 rings (SSSR count). The van der Waals surface area contributed by atoms with E-state index in [2.05, 4.69) is 35.9 Å². The summed E-state index contributed by atoms with van der Waals surface area (Å²) < 4.78 is 0. The average molecular weight is 234 g/mol. The van der Waals surface area contributed by atoms with Gasteiger partial charge in [0, 0.05) is 5.92 Å². The van der Waals surface area contributed by atoms with Crippen molar-refractivity contribution in [1.29, 1.82) is 0 Å². The van der Waals surface area contributed by atoms with E-state index < -0.39 is 0 Å². The van der Waals surface area contributed by atoms with Crippen LogP contribution in [0.5, 0.6) is 0 Å². The van der Waals surface area contributed by atoms with E-state index in [1.165, 1.54) is 12.8 Å². The molecule has 0 aromatic rings. The third-order valence-corrected chi connectivity index (χ3v) is 3.06. The summed E-state index contributed by atoms with van der Waals surface area (Å²) in [6.45, 7) is 6.84. The highest BCUT2D eigenvalue weighted by atomic mass is 17.8. The van der Waals surface area contributed by atoms with Crippen LogP contribution in [-0.4, -0.2) is 12.7 Å². The monoisotopic (exact) mass is 234 g/mol. The van der Waals surface area contributed by atoms with E-state index in [0.717, 1.165) is 12.8 Å². The Labute approximate surface area is 96.7 Å². The van der Waals surface area contributed by atoms with Gasteiger partial charge in [-0.25, -0.2) is 4.89 Å². The van der Waals surface area contributed by atoms with Gasteiger partial charge < -0.3 is 0 Å². The minimum absolute atomic E-state index is 0.0135. The van der Waals surface area contributed by atoms with Gasteiger partial charge >= 0.3 is 0 Å². The van der Waals surface area contributed by atoms with Gasteiger partial charge in [-0.15, -0.1) is 0 Å². The fourth-order valence-corrected chi connectivity index (χ4v) is 2.03. The minimum Gasteiger partial charge on any atom is -0.203 e. The third-order valence-electron chi connectivity index (χ3n) is 3.06. The summed E-state index contributed by atoms with van der Waals surface area (Å²) in [7, 11) is 0. The largest absolute Gasteiger partial charge is 0.203 e. The zero-order valence-electron chi connectivity index (χ0n) is 10.3. The van der Waals surface area contributed by atoms with Crippen LogP contribution in [0, 0.1) is 11.8 Å². The third kappa shape index (κ3) is 4.35. The number of unbranched alkanes of at least 4 members (excludes halogenated alkanes) is 1. The molecule has 1 fully saturated rings. The molecule has 3 unspecified atom stereocenters. The molecule has 0 saturated carbocycles. The molecule has 0 aliphatic carbocycles. The van der Waals surface area contributed by atoms with Crippen molar-refractivity contribution in [2.45, 2.75) is 52.6 Å². The molecular formula is C11H22O5. The molecule has 0 spiro atoms. The second-order valence-electron chi connectivity index (χ2n) is 4.34. The molecule has 5 nitrogen and oxygen atoms in total. The second-order valence-corrected chi connectivity index (χ2v) is 4.34. The average Bonchev–Trinajstić information content (AvgIpc) is 2.28. The summed E-state index contributed by atoms with van der Waals surface area (Å²) in [6, 6.07) is 0. The van der Waals surface area contributed by atoms with E-state index in [4.69, 9.17) is 9.78 Å². The first-order valence-electron chi connectivity index (χ1n) is 6.07. The lowest BCUT2D eigenvalue weighted by molar-refractivity contribution is -0.724. The van der Waals surface area contributed by atoms with E-state index in [0.29, 0.717) is 12.5 Å². The van der Waals surface area contributed by atoms with Crippen molar-refractivity contribution in [3.05, 3.63) is 0 Å². The number of hydrogen-bond acceptors (Lipinski definition) is 5. The lowest BCUT2D eigenvalue weighted by Gasteiger charge is -2.29. The van der Waals surface area contributed by atoms with Crippen LogP contribution in [0.3, 0.4) is 0 Å². The topological polar surface area (TPSA) is 46.2 Å². The van der Waals surface area contributed by atoms with Crippen molar-refractivity contribution in [2.75, 3.05) is 6.61 Å². The Hall–Kier alpha value is -0.200. The molecule has 1 aliphatic rings. The first kappa shape index (κ1) is 13.9. The van der Waals surface area contributed by atoms with Gasteiger partial charge in [0.2, 0.25) is 0 Å². The zero-order valence-corrected chi connectivity index (χ0v) is 10.3. The molecule has 0 amide bonds. The van der Waals surface area contributed by atoms with Gasteiger partial charge in [0.1, 0.15) is 6.10 Å². The molecule has 5 heteroatoms. The van der Waals surface area contributed by atoms with Crippen molar-refractivity contribution in [1.82, 2.24) is 0 Å². The lowest BCUT2D eigenvalue weighted by atomic mass is 9.87. The summed E-state index contributed by atoms with van der Waals surface area (Å²) in [5.41, 5.74) is 0. The van der Waals surface area contributed by atoms with Crippen LogP contribution in [0.4, 0.5) is 0 Å². The Balaban J connectivity index is 2.48. The molecule has 96 valence electrons. The summed E-state index contributed by atoms with van der Waals surface area (Å²) in [6.07, 6.45) is 4.56. The van der Waals surface area contributed by atoms with Crippen molar-refractivity contribution in [2.24, 2.45) is 11.8 Å². The normalized spacial score (nSPS) is 29.4. The Morgan fingerprint density at radius 3 is 2.69 bits per heavy atom. The molecule has 0 aromatic carbocycles. The molecule has 0 N–H and O–H groups in total. The van der Waals surface area contributed by atoms with E-state index >= 15 is 0 Å².